The molecular weight excluding hydrogens is 240 g/mol. The van der Waals surface area contributed by atoms with E-state index in [2.05, 4.69) is 20.8 Å². The van der Waals surface area contributed by atoms with Gasteiger partial charge in [-0.1, -0.05) is 0 Å². The van der Waals surface area contributed by atoms with Crippen molar-refractivity contribution in [1.82, 2.24) is 0 Å². The second-order valence-electron chi connectivity index (χ2n) is 5.27. The van der Waals surface area contributed by atoms with Crippen LogP contribution in [0.3, 0.4) is 0 Å². The van der Waals surface area contributed by atoms with Gasteiger partial charge >= 0.3 is 0 Å². The van der Waals surface area contributed by atoms with E-state index in [1.165, 1.54) is 17.2 Å². The lowest BCUT2D eigenvalue weighted by molar-refractivity contribution is -0.115. The second-order valence-corrected chi connectivity index (χ2v) is 5.27. The van der Waals surface area contributed by atoms with Crippen LogP contribution in [0.1, 0.15) is 41.0 Å². The Morgan fingerprint density at radius 2 is 1.89 bits per heavy atom. The zero-order valence-corrected chi connectivity index (χ0v) is 11.9. The Kier molecular flexibility index (Phi) is 3.65. The molecular formula is C16H20O3. The average molecular weight is 260 g/mol. The number of ether oxygens (including phenoxy) is 1. The highest BCUT2D eigenvalue weighted by atomic mass is 16.5. The van der Waals surface area contributed by atoms with Gasteiger partial charge in [0.05, 0.1) is 12.9 Å². The molecule has 0 spiro atoms. The van der Waals surface area contributed by atoms with Crippen LogP contribution in [-0.2, 0) is 4.79 Å². The molecule has 1 N–H and O–H groups in total. The van der Waals surface area contributed by atoms with Gasteiger partial charge in [-0.25, -0.2) is 0 Å². The smallest absolute Gasteiger partial charge is 0.159 e. The molecule has 1 aromatic carbocycles. The highest BCUT2D eigenvalue weighted by molar-refractivity contribution is 5.91. The summed E-state index contributed by atoms with van der Waals surface area (Å²) in [6.45, 7) is 6.19. The standard InChI is InChI=1S/C16H20O3/c1-9-5-15(19-4)16(11(3)10(9)2)12-6-13(17)8-14(18)7-12/h5,8,12,17H,6-7H2,1-4H3. The molecule has 0 saturated carbocycles. The van der Waals surface area contributed by atoms with Gasteiger partial charge in [-0.15, -0.1) is 0 Å². The summed E-state index contributed by atoms with van der Waals surface area (Å²) < 4.78 is 5.47. The Morgan fingerprint density at radius 3 is 2.47 bits per heavy atom. The van der Waals surface area contributed by atoms with E-state index in [1.807, 2.05) is 6.07 Å². The third-order valence-corrected chi connectivity index (χ3v) is 4.03. The number of carbonyl (C=O) groups is 1. The number of ketones is 1. The van der Waals surface area contributed by atoms with Crippen LogP contribution in [-0.4, -0.2) is 18.0 Å². The van der Waals surface area contributed by atoms with E-state index in [0.717, 1.165) is 16.9 Å². The number of rotatable bonds is 2. The topological polar surface area (TPSA) is 46.5 Å². The van der Waals surface area contributed by atoms with Gasteiger partial charge in [0.1, 0.15) is 5.75 Å². The number of methoxy groups -OCH3 is 1. The Labute approximate surface area is 113 Å². The zero-order chi connectivity index (χ0) is 14.2. The van der Waals surface area contributed by atoms with E-state index >= 15 is 0 Å². The van der Waals surface area contributed by atoms with Crippen molar-refractivity contribution in [3.63, 3.8) is 0 Å². The predicted octanol–water partition coefficient (Wildman–Crippen LogP) is 3.51. The lowest BCUT2D eigenvalue weighted by Crippen LogP contribution is -2.15. The van der Waals surface area contributed by atoms with Gasteiger partial charge in [-0.3, -0.25) is 4.79 Å². The zero-order valence-electron chi connectivity index (χ0n) is 11.9. The van der Waals surface area contributed by atoms with Gasteiger partial charge in [0.25, 0.3) is 0 Å². The molecule has 0 aromatic heterocycles. The maximum atomic E-state index is 11.6. The molecule has 0 heterocycles. The van der Waals surface area contributed by atoms with Crippen molar-refractivity contribution in [3.8, 4) is 5.75 Å². The molecule has 0 fully saturated rings. The van der Waals surface area contributed by atoms with Crippen molar-refractivity contribution < 1.29 is 14.6 Å². The first-order chi connectivity index (χ1) is 8.93. The number of benzene rings is 1. The molecule has 1 aliphatic rings. The van der Waals surface area contributed by atoms with Crippen molar-refractivity contribution >= 4 is 5.78 Å². The normalized spacial score (nSPS) is 19.3. The van der Waals surface area contributed by atoms with E-state index in [-0.39, 0.29) is 17.5 Å². The summed E-state index contributed by atoms with van der Waals surface area (Å²) in [5.41, 5.74) is 4.61. The van der Waals surface area contributed by atoms with Crippen LogP contribution in [0.25, 0.3) is 0 Å². The first-order valence-corrected chi connectivity index (χ1v) is 6.51. The summed E-state index contributed by atoms with van der Waals surface area (Å²) in [6.07, 6.45) is 2.27. The number of aryl methyl sites for hydroxylation is 1. The third kappa shape index (κ3) is 2.50. The predicted molar refractivity (Wildman–Crippen MR) is 74.9 cm³/mol. The van der Waals surface area contributed by atoms with Gasteiger partial charge in [-0.05, 0) is 43.5 Å². The van der Waals surface area contributed by atoms with Crippen molar-refractivity contribution in [2.45, 2.75) is 39.5 Å². The molecule has 1 atom stereocenters. The number of hydrogen-bond acceptors (Lipinski definition) is 3. The lowest BCUT2D eigenvalue weighted by Gasteiger charge is -2.25. The monoisotopic (exact) mass is 260 g/mol. The van der Waals surface area contributed by atoms with Crippen LogP contribution in [0.4, 0.5) is 0 Å². The van der Waals surface area contributed by atoms with Gasteiger partial charge in [0.2, 0.25) is 0 Å². The van der Waals surface area contributed by atoms with Crippen molar-refractivity contribution in [3.05, 3.63) is 40.2 Å². The van der Waals surface area contributed by atoms with E-state index in [1.54, 1.807) is 7.11 Å². The summed E-state index contributed by atoms with van der Waals surface area (Å²) in [4.78, 5) is 11.6. The molecule has 0 amide bonds. The Balaban J connectivity index is 2.53. The van der Waals surface area contributed by atoms with Crippen LogP contribution >= 0.6 is 0 Å². The average Bonchev–Trinajstić information content (AvgIpc) is 2.34. The highest BCUT2D eigenvalue weighted by Crippen LogP contribution is 2.40. The molecule has 0 saturated heterocycles. The SMILES string of the molecule is COc1cc(C)c(C)c(C)c1C1CC(=O)C=C(O)C1. The quantitative estimate of drug-likeness (QED) is 0.885. The molecule has 19 heavy (non-hydrogen) atoms. The molecule has 2 rings (SSSR count). The van der Waals surface area contributed by atoms with Gasteiger partial charge in [0, 0.05) is 30.4 Å². The minimum Gasteiger partial charge on any atom is -0.512 e. The van der Waals surface area contributed by atoms with E-state index in [9.17, 15) is 9.90 Å². The van der Waals surface area contributed by atoms with Gasteiger partial charge < -0.3 is 9.84 Å². The number of aliphatic hydroxyl groups excluding tert-OH is 1. The van der Waals surface area contributed by atoms with Crippen molar-refractivity contribution in [2.75, 3.05) is 7.11 Å². The third-order valence-electron chi connectivity index (χ3n) is 4.03. The first-order valence-electron chi connectivity index (χ1n) is 6.51. The summed E-state index contributed by atoms with van der Waals surface area (Å²) >= 11 is 0. The molecule has 102 valence electrons. The summed E-state index contributed by atoms with van der Waals surface area (Å²) in [6, 6.07) is 2.01. The van der Waals surface area contributed by atoms with E-state index in [0.29, 0.717) is 12.8 Å². The molecule has 3 nitrogen and oxygen atoms in total. The second kappa shape index (κ2) is 5.08. The van der Waals surface area contributed by atoms with Gasteiger partial charge in [0.15, 0.2) is 5.78 Å². The Morgan fingerprint density at radius 1 is 1.21 bits per heavy atom. The minimum atomic E-state index is -0.0200. The van der Waals surface area contributed by atoms with Crippen LogP contribution in [0.15, 0.2) is 17.9 Å². The van der Waals surface area contributed by atoms with Crippen LogP contribution in [0, 0.1) is 20.8 Å². The van der Waals surface area contributed by atoms with Crippen molar-refractivity contribution in [2.24, 2.45) is 0 Å². The van der Waals surface area contributed by atoms with E-state index in [4.69, 9.17) is 4.74 Å². The molecule has 1 aliphatic carbocycles. The van der Waals surface area contributed by atoms with Gasteiger partial charge in [-0.2, -0.15) is 0 Å². The van der Waals surface area contributed by atoms with Crippen LogP contribution < -0.4 is 4.74 Å². The molecule has 0 radical (unpaired) electrons. The molecule has 1 aromatic rings. The maximum Gasteiger partial charge on any atom is 0.159 e. The summed E-state index contributed by atoms with van der Waals surface area (Å²) in [5.74, 6) is 0.967. The molecule has 1 unspecified atom stereocenters. The Hall–Kier alpha value is -1.77. The fourth-order valence-electron chi connectivity index (χ4n) is 2.82. The Bertz CT molecular complexity index is 556. The number of allylic oxidation sites excluding steroid dienone is 2. The number of aliphatic hydroxyl groups is 1. The van der Waals surface area contributed by atoms with Crippen molar-refractivity contribution in [1.29, 1.82) is 0 Å². The summed E-state index contributed by atoms with van der Waals surface area (Å²) in [7, 11) is 1.65. The summed E-state index contributed by atoms with van der Waals surface area (Å²) in [5, 5.41) is 9.69. The largest absolute Gasteiger partial charge is 0.512 e. The van der Waals surface area contributed by atoms with E-state index < -0.39 is 0 Å². The first kappa shape index (κ1) is 13.7. The fourth-order valence-corrected chi connectivity index (χ4v) is 2.82. The molecule has 0 aliphatic heterocycles. The minimum absolute atomic E-state index is 0.00625. The van der Waals surface area contributed by atoms with Crippen LogP contribution in [0.5, 0.6) is 5.75 Å². The maximum absolute atomic E-state index is 11.6. The van der Waals surface area contributed by atoms with Crippen LogP contribution in [0.2, 0.25) is 0 Å². The molecule has 0 bridgehead atoms. The molecule has 3 heteroatoms. The lowest BCUT2D eigenvalue weighted by atomic mass is 9.81. The number of hydrogen-bond donors (Lipinski definition) is 1. The number of carbonyl (C=O) groups excluding carboxylic acids is 1. The highest BCUT2D eigenvalue weighted by Gasteiger charge is 2.27. The fraction of sp³-hybridized carbons (Fsp3) is 0.438.